The van der Waals surface area contributed by atoms with Gasteiger partial charge < -0.3 is 5.32 Å². The lowest BCUT2D eigenvalue weighted by molar-refractivity contribution is -0.118. The van der Waals surface area contributed by atoms with Crippen molar-refractivity contribution in [1.29, 1.82) is 0 Å². The highest BCUT2D eigenvalue weighted by Crippen LogP contribution is 2.42. The van der Waals surface area contributed by atoms with Gasteiger partial charge in [-0.05, 0) is 61.7 Å². The van der Waals surface area contributed by atoms with Gasteiger partial charge in [-0.15, -0.1) is 0 Å². The fourth-order valence-electron chi connectivity index (χ4n) is 3.36. The van der Waals surface area contributed by atoms with E-state index in [1.165, 1.54) is 24.3 Å². The zero-order chi connectivity index (χ0) is 18.9. The number of amides is 1. The number of carbonyl (C=O) groups excluding carboxylic acids is 1. The summed E-state index contributed by atoms with van der Waals surface area (Å²) < 4.78 is 25.1. The third-order valence-corrected chi connectivity index (χ3v) is 7.92. The number of aryl methyl sites for hydroxylation is 1. The molecular weight excluding hydrogens is 393 g/mol. The van der Waals surface area contributed by atoms with Crippen LogP contribution >= 0.6 is 23.2 Å². The maximum absolute atomic E-state index is 13.3. The van der Waals surface area contributed by atoms with Gasteiger partial charge in [-0.25, -0.2) is 8.42 Å². The van der Waals surface area contributed by atoms with Crippen LogP contribution in [0.3, 0.4) is 0 Å². The molecule has 3 rings (SSSR count). The zero-order valence-corrected chi connectivity index (χ0v) is 16.6. The van der Waals surface area contributed by atoms with Gasteiger partial charge in [-0.1, -0.05) is 42.1 Å². The molecule has 1 aliphatic rings. The van der Waals surface area contributed by atoms with Crippen LogP contribution in [0, 0.1) is 6.92 Å². The molecule has 0 unspecified atom stereocenters. The number of rotatable bonds is 4. The molecule has 0 radical (unpaired) electrons. The normalized spacial score (nSPS) is 16.4. The summed E-state index contributed by atoms with van der Waals surface area (Å²) in [5, 5.41) is 3.56. The quantitative estimate of drug-likeness (QED) is 0.767. The number of hydrogen-bond acceptors (Lipinski definition) is 3. The fraction of sp³-hybridized carbons (Fsp3) is 0.316. The standard InChI is InChI=1S/C19H19Cl2NO3S/c1-13-4-9-17(16(21)12-13)22-18(23)19(10-2-3-11-19)26(24,25)15-7-5-14(20)6-8-15/h4-9,12H,2-3,10-11H2,1H3,(H,22,23). The monoisotopic (exact) mass is 411 g/mol. The van der Waals surface area contributed by atoms with Gasteiger partial charge in [-0.3, -0.25) is 4.79 Å². The number of halogens is 2. The van der Waals surface area contributed by atoms with Crippen LogP contribution in [0.4, 0.5) is 5.69 Å². The second-order valence-electron chi connectivity index (χ2n) is 6.60. The summed E-state index contributed by atoms with van der Waals surface area (Å²) in [7, 11) is -3.87. The van der Waals surface area contributed by atoms with Gasteiger partial charge >= 0.3 is 0 Å². The summed E-state index contributed by atoms with van der Waals surface area (Å²) in [6.07, 6.45) is 1.93. The highest BCUT2D eigenvalue weighted by molar-refractivity contribution is 7.93. The van der Waals surface area contributed by atoms with Gasteiger partial charge in [0.25, 0.3) is 0 Å². The molecule has 2 aromatic rings. The Morgan fingerprint density at radius 3 is 2.23 bits per heavy atom. The van der Waals surface area contributed by atoms with Gasteiger partial charge in [0.15, 0.2) is 14.6 Å². The molecule has 4 nitrogen and oxygen atoms in total. The summed E-state index contributed by atoms with van der Waals surface area (Å²) in [5.41, 5.74) is 1.37. The smallest absolute Gasteiger partial charge is 0.246 e. The van der Waals surface area contributed by atoms with Crippen LogP contribution in [-0.4, -0.2) is 19.1 Å². The van der Waals surface area contributed by atoms with Crippen molar-refractivity contribution >= 4 is 44.6 Å². The minimum atomic E-state index is -3.87. The van der Waals surface area contributed by atoms with Crippen LogP contribution < -0.4 is 5.32 Å². The van der Waals surface area contributed by atoms with Gasteiger partial charge in [-0.2, -0.15) is 0 Å². The van der Waals surface area contributed by atoms with E-state index < -0.39 is 20.5 Å². The lowest BCUT2D eigenvalue weighted by atomic mass is 10.1. The Hall–Kier alpha value is -1.56. The molecule has 0 bridgehead atoms. The van der Waals surface area contributed by atoms with Crippen LogP contribution in [0.15, 0.2) is 47.4 Å². The van der Waals surface area contributed by atoms with E-state index in [4.69, 9.17) is 23.2 Å². The molecule has 7 heteroatoms. The van der Waals surface area contributed by atoms with E-state index >= 15 is 0 Å². The summed E-state index contributed by atoms with van der Waals surface area (Å²) >= 11 is 12.1. The number of benzene rings is 2. The topological polar surface area (TPSA) is 63.2 Å². The van der Waals surface area contributed by atoms with Gasteiger partial charge in [0.1, 0.15) is 0 Å². The summed E-state index contributed by atoms with van der Waals surface area (Å²) in [6.45, 7) is 1.89. The Bertz CT molecular complexity index is 934. The van der Waals surface area contributed by atoms with Crippen molar-refractivity contribution in [2.24, 2.45) is 0 Å². The second kappa shape index (κ2) is 7.22. The zero-order valence-electron chi connectivity index (χ0n) is 14.3. The van der Waals surface area contributed by atoms with Crippen molar-refractivity contribution in [2.75, 3.05) is 5.32 Å². The summed E-state index contributed by atoms with van der Waals surface area (Å²) in [5.74, 6) is -0.532. The van der Waals surface area contributed by atoms with Crippen LogP contribution in [0.1, 0.15) is 31.2 Å². The van der Waals surface area contributed by atoms with E-state index in [0.717, 1.165) is 5.56 Å². The Morgan fingerprint density at radius 2 is 1.65 bits per heavy atom. The molecule has 138 valence electrons. The minimum absolute atomic E-state index is 0.106. The van der Waals surface area contributed by atoms with E-state index in [2.05, 4.69) is 5.32 Å². The van der Waals surface area contributed by atoms with Gasteiger partial charge in [0.2, 0.25) is 5.91 Å². The summed E-state index contributed by atoms with van der Waals surface area (Å²) in [6, 6.07) is 11.2. The van der Waals surface area contributed by atoms with Crippen molar-refractivity contribution < 1.29 is 13.2 Å². The predicted octanol–water partition coefficient (Wildman–Crippen LogP) is 5.03. The molecule has 0 atom stereocenters. The van der Waals surface area contributed by atoms with Crippen molar-refractivity contribution in [3.05, 3.63) is 58.1 Å². The van der Waals surface area contributed by atoms with E-state index in [9.17, 15) is 13.2 Å². The molecule has 0 spiro atoms. The Morgan fingerprint density at radius 1 is 1.04 bits per heavy atom. The SMILES string of the molecule is Cc1ccc(NC(=O)C2(S(=O)(=O)c3ccc(Cl)cc3)CCCC2)c(Cl)c1. The lowest BCUT2D eigenvalue weighted by Gasteiger charge is -2.28. The maximum Gasteiger partial charge on any atom is 0.246 e. The molecule has 0 saturated heterocycles. The fourth-order valence-corrected chi connectivity index (χ4v) is 5.84. The Labute approximate surface area is 163 Å². The van der Waals surface area contributed by atoms with Crippen LogP contribution in [0.25, 0.3) is 0 Å². The van der Waals surface area contributed by atoms with Crippen LogP contribution in [0.2, 0.25) is 10.0 Å². The van der Waals surface area contributed by atoms with Crippen molar-refractivity contribution in [3.8, 4) is 0 Å². The first kappa shape index (κ1) is 19.2. The number of carbonyl (C=O) groups is 1. The molecule has 1 aliphatic carbocycles. The van der Waals surface area contributed by atoms with E-state index in [1.807, 2.05) is 13.0 Å². The molecule has 1 fully saturated rings. The molecule has 1 amide bonds. The van der Waals surface area contributed by atoms with E-state index in [-0.39, 0.29) is 17.7 Å². The average molecular weight is 412 g/mol. The van der Waals surface area contributed by atoms with Crippen LogP contribution in [0.5, 0.6) is 0 Å². The largest absolute Gasteiger partial charge is 0.323 e. The second-order valence-corrected chi connectivity index (χ2v) is 9.70. The number of nitrogens with one attached hydrogen (secondary N) is 1. The molecular formula is C19H19Cl2NO3S. The van der Waals surface area contributed by atoms with Gasteiger partial charge in [0.05, 0.1) is 15.6 Å². The Balaban J connectivity index is 1.99. The first-order valence-electron chi connectivity index (χ1n) is 8.34. The molecule has 0 heterocycles. The third-order valence-electron chi connectivity index (χ3n) is 4.84. The highest BCUT2D eigenvalue weighted by atomic mass is 35.5. The van der Waals surface area contributed by atoms with Crippen molar-refractivity contribution in [1.82, 2.24) is 0 Å². The van der Waals surface area contributed by atoms with Gasteiger partial charge in [0, 0.05) is 5.02 Å². The maximum atomic E-state index is 13.3. The lowest BCUT2D eigenvalue weighted by Crippen LogP contribution is -2.47. The molecule has 0 aliphatic heterocycles. The molecule has 1 N–H and O–H groups in total. The third kappa shape index (κ3) is 3.36. The van der Waals surface area contributed by atoms with Crippen molar-refractivity contribution in [2.45, 2.75) is 42.2 Å². The molecule has 2 aromatic carbocycles. The molecule has 26 heavy (non-hydrogen) atoms. The number of anilines is 1. The van der Waals surface area contributed by atoms with Crippen LogP contribution in [-0.2, 0) is 14.6 Å². The average Bonchev–Trinajstić information content (AvgIpc) is 3.09. The first-order chi connectivity index (χ1) is 12.3. The highest BCUT2D eigenvalue weighted by Gasteiger charge is 2.53. The van der Waals surface area contributed by atoms with E-state index in [0.29, 0.717) is 28.6 Å². The molecule has 1 saturated carbocycles. The first-order valence-corrected chi connectivity index (χ1v) is 10.6. The minimum Gasteiger partial charge on any atom is -0.323 e. The van der Waals surface area contributed by atoms with Crippen molar-refractivity contribution in [3.63, 3.8) is 0 Å². The predicted molar refractivity (Wildman–Crippen MR) is 105 cm³/mol. The molecule has 0 aromatic heterocycles. The summed E-state index contributed by atoms with van der Waals surface area (Å²) in [4.78, 5) is 13.2. The number of sulfone groups is 1. The van der Waals surface area contributed by atoms with E-state index in [1.54, 1.807) is 12.1 Å². The Kier molecular flexibility index (Phi) is 5.33. The number of hydrogen-bond donors (Lipinski definition) is 1.